The van der Waals surface area contributed by atoms with Crippen LogP contribution in [0.5, 0.6) is 0 Å². The van der Waals surface area contributed by atoms with Gasteiger partial charge in [0, 0.05) is 18.7 Å². The lowest BCUT2D eigenvalue weighted by Crippen LogP contribution is -2.13. The molecule has 1 aromatic heterocycles. The highest BCUT2D eigenvalue weighted by Gasteiger charge is 2.12. The van der Waals surface area contributed by atoms with Gasteiger partial charge in [0.25, 0.3) is 0 Å². The lowest BCUT2D eigenvalue weighted by atomic mass is 10.2. The van der Waals surface area contributed by atoms with Gasteiger partial charge in [-0.1, -0.05) is 6.07 Å². The van der Waals surface area contributed by atoms with Crippen molar-refractivity contribution in [2.45, 2.75) is 20.0 Å². The van der Waals surface area contributed by atoms with Crippen LogP contribution in [-0.2, 0) is 13.1 Å². The molecule has 0 unspecified atom stereocenters. The Morgan fingerprint density at radius 2 is 2.00 bits per heavy atom. The second kappa shape index (κ2) is 5.83. The number of rotatable bonds is 5. The fourth-order valence-corrected chi connectivity index (χ4v) is 1.79. The Bertz CT molecular complexity index is 637. The summed E-state index contributed by atoms with van der Waals surface area (Å²) in [5.41, 5.74) is 1.31. The van der Waals surface area contributed by atoms with Gasteiger partial charge in [-0.2, -0.15) is 0 Å². The molecule has 0 aliphatic carbocycles. The van der Waals surface area contributed by atoms with Gasteiger partial charge in [-0.05, 0) is 30.7 Å². The maximum absolute atomic E-state index is 13.0. The number of aromatic carboxylic acids is 1. The van der Waals surface area contributed by atoms with Crippen LogP contribution >= 0.6 is 0 Å². The van der Waals surface area contributed by atoms with Crippen LogP contribution in [0.1, 0.15) is 27.4 Å². The van der Waals surface area contributed by atoms with E-state index in [0.717, 1.165) is 12.1 Å². The zero-order chi connectivity index (χ0) is 14.7. The third kappa shape index (κ3) is 3.21. The van der Waals surface area contributed by atoms with E-state index >= 15 is 0 Å². The van der Waals surface area contributed by atoms with Gasteiger partial charge in [0.05, 0.1) is 0 Å². The molecule has 0 atom stereocenters. The predicted molar refractivity (Wildman–Crippen MR) is 67.3 cm³/mol. The van der Waals surface area contributed by atoms with E-state index in [1.807, 2.05) is 0 Å². The van der Waals surface area contributed by atoms with Crippen molar-refractivity contribution < 1.29 is 23.1 Å². The van der Waals surface area contributed by atoms with Crippen molar-refractivity contribution in [3.8, 4) is 0 Å². The molecule has 2 N–H and O–H groups in total. The zero-order valence-electron chi connectivity index (χ0n) is 10.7. The van der Waals surface area contributed by atoms with E-state index in [-0.39, 0.29) is 5.76 Å². The van der Waals surface area contributed by atoms with E-state index in [4.69, 9.17) is 9.52 Å². The minimum atomic E-state index is -1.13. The lowest BCUT2D eigenvalue weighted by Gasteiger charge is -2.04. The van der Waals surface area contributed by atoms with Crippen LogP contribution in [0.15, 0.2) is 28.7 Å². The van der Waals surface area contributed by atoms with Crippen LogP contribution in [0.4, 0.5) is 8.78 Å². The van der Waals surface area contributed by atoms with Gasteiger partial charge in [0.15, 0.2) is 11.6 Å². The van der Waals surface area contributed by atoms with Gasteiger partial charge in [0.1, 0.15) is 5.76 Å². The Hall–Kier alpha value is -2.21. The third-order valence-electron chi connectivity index (χ3n) is 2.86. The van der Waals surface area contributed by atoms with Crippen molar-refractivity contribution in [1.82, 2.24) is 5.32 Å². The number of hydrogen-bond donors (Lipinski definition) is 2. The molecule has 0 saturated heterocycles. The molecule has 1 aromatic carbocycles. The van der Waals surface area contributed by atoms with Gasteiger partial charge < -0.3 is 14.8 Å². The Labute approximate surface area is 114 Å². The van der Waals surface area contributed by atoms with Gasteiger partial charge >= 0.3 is 5.97 Å². The minimum Gasteiger partial charge on any atom is -0.475 e. The van der Waals surface area contributed by atoms with Crippen molar-refractivity contribution in [2.24, 2.45) is 0 Å². The number of benzene rings is 1. The standard InChI is InChI=1S/C14H13F2NO3/c1-8-10(5-13(20-8)14(18)19)7-17-6-9-2-3-11(15)12(16)4-9/h2-5,17H,6-7H2,1H3,(H,18,19). The Morgan fingerprint density at radius 3 is 2.60 bits per heavy atom. The zero-order valence-corrected chi connectivity index (χ0v) is 10.7. The SMILES string of the molecule is Cc1oc(C(=O)O)cc1CNCc1ccc(F)c(F)c1. The molecule has 4 nitrogen and oxygen atoms in total. The molecule has 6 heteroatoms. The van der Waals surface area contributed by atoms with E-state index in [9.17, 15) is 13.6 Å². The first-order chi connectivity index (χ1) is 9.47. The summed E-state index contributed by atoms with van der Waals surface area (Å²) < 4.78 is 30.8. The molecule has 20 heavy (non-hydrogen) atoms. The average Bonchev–Trinajstić information content (AvgIpc) is 2.76. The maximum Gasteiger partial charge on any atom is 0.371 e. The van der Waals surface area contributed by atoms with Crippen LogP contribution < -0.4 is 5.32 Å². The molecular weight excluding hydrogens is 268 g/mol. The topological polar surface area (TPSA) is 62.5 Å². The van der Waals surface area contributed by atoms with Crippen LogP contribution in [0.2, 0.25) is 0 Å². The van der Waals surface area contributed by atoms with Crippen molar-refractivity contribution in [3.63, 3.8) is 0 Å². The van der Waals surface area contributed by atoms with Crippen molar-refractivity contribution in [3.05, 3.63) is 58.5 Å². The highest BCUT2D eigenvalue weighted by atomic mass is 19.2. The van der Waals surface area contributed by atoms with Crippen molar-refractivity contribution >= 4 is 5.97 Å². The summed E-state index contributed by atoms with van der Waals surface area (Å²) in [7, 11) is 0. The van der Waals surface area contributed by atoms with Gasteiger partial charge in [-0.3, -0.25) is 0 Å². The average molecular weight is 281 g/mol. The lowest BCUT2D eigenvalue weighted by molar-refractivity contribution is 0.0661. The third-order valence-corrected chi connectivity index (χ3v) is 2.86. The van der Waals surface area contributed by atoms with Crippen molar-refractivity contribution in [2.75, 3.05) is 0 Å². The monoisotopic (exact) mass is 281 g/mol. The number of furan rings is 1. The first kappa shape index (κ1) is 14.2. The van der Waals surface area contributed by atoms with Crippen molar-refractivity contribution in [1.29, 1.82) is 0 Å². The largest absolute Gasteiger partial charge is 0.475 e. The molecule has 2 rings (SSSR count). The molecule has 0 amide bonds. The molecule has 0 radical (unpaired) electrons. The fourth-order valence-electron chi connectivity index (χ4n) is 1.79. The number of halogens is 2. The summed E-state index contributed by atoms with van der Waals surface area (Å²) >= 11 is 0. The first-order valence-corrected chi connectivity index (χ1v) is 5.94. The van der Waals surface area contributed by atoms with E-state index in [2.05, 4.69) is 5.32 Å². The molecular formula is C14H13F2NO3. The first-order valence-electron chi connectivity index (χ1n) is 5.94. The molecule has 0 aliphatic heterocycles. The highest BCUT2D eigenvalue weighted by Crippen LogP contribution is 2.15. The summed E-state index contributed by atoms with van der Waals surface area (Å²) in [4.78, 5) is 10.7. The molecule has 1 heterocycles. The Kier molecular flexibility index (Phi) is 4.14. The van der Waals surface area contributed by atoms with Crippen LogP contribution in [0.3, 0.4) is 0 Å². The number of nitrogens with one attached hydrogen (secondary N) is 1. The van der Waals surface area contributed by atoms with E-state index in [1.165, 1.54) is 12.1 Å². The summed E-state index contributed by atoms with van der Waals surface area (Å²) in [5.74, 6) is -2.50. The fraction of sp³-hybridized carbons (Fsp3) is 0.214. The summed E-state index contributed by atoms with van der Waals surface area (Å²) in [6.45, 7) is 2.38. The molecule has 0 aliphatic rings. The van der Waals surface area contributed by atoms with E-state index in [1.54, 1.807) is 6.92 Å². The second-order valence-electron chi connectivity index (χ2n) is 4.35. The van der Waals surface area contributed by atoms with Crippen LogP contribution in [0.25, 0.3) is 0 Å². The number of carbonyl (C=O) groups is 1. The molecule has 0 saturated carbocycles. The highest BCUT2D eigenvalue weighted by molar-refractivity contribution is 5.84. The normalized spacial score (nSPS) is 10.8. The Morgan fingerprint density at radius 1 is 1.25 bits per heavy atom. The molecule has 0 fully saturated rings. The van der Waals surface area contributed by atoms with Gasteiger partial charge in [0.2, 0.25) is 5.76 Å². The maximum atomic E-state index is 13.0. The van der Waals surface area contributed by atoms with Crippen LogP contribution in [0, 0.1) is 18.6 Å². The van der Waals surface area contributed by atoms with E-state index < -0.39 is 17.6 Å². The molecule has 0 bridgehead atoms. The second-order valence-corrected chi connectivity index (χ2v) is 4.35. The minimum absolute atomic E-state index is 0.118. The van der Waals surface area contributed by atoms with Gasteiger partial charge in [-0.15, -0.1) is 0 Å². The number of hydrogen-bond acceptors (Lipinski definition) is 3. The summed E-state index contributed by atoms with van der Waals surface area (Å²) in [6.07, 6.45) is 0. The number of aryl methyl sites for hydroxylation is 1. The quantitative estimate of drug-likeness (QED) is 0.884. The summed E-state index contributed by atoms with van der Waals surface area (Å²) in [6, 6.07) is 5.11. The molecule has 2 aromatic rings. The van der Waals surface area contributed by atoms with Crippen LogP contribution in [-0.4, -0.2) is 11.1 Å². The van der Waals surface area contributed by atoms with Gasteiger partial charge in [-0.25, -0.2) is 13.6 Å². The van der Waals surface area contributed by atoms with E-state index in [0.29, 0.717) is 30.0 Å². The number of carboxylic acid groups (broad SMARTS) is 1. The molecule has 0 spiro atoms. The smallest absolute Gasteiger partial charge is 0.371 e. The predicted octanol–water partition coefficient (Wildman–Crippen LogP) is 2.85. The number of carboxylic acids is 1. The molecule has 106 valence electrons. The Balaban J connectivity index is 1.95. The summed E-state index contributed by atoms with van der Waals surface area (Å²) in [5, 5.41) is 11.8.